The highest BCUT2D eigenvalue weighted by Gasteiger charge is 2.19. The molecule has 0 aliphatic carbocycles. The average Bonchev–Trinajstić information content (AvgIpc) is 3.34. The lowest BCUT2D eigenvalue weighted by molar-refractivity contribution is -0.115. The summed E-state index contributed by atoms with van der Waals surface area (Å²) >= 11 is 0. The van der Waals surface area contributed by atoms with Crippen LogP contribution in [0.5, 0.6) is 0 Å². The van der Waals surface area contributed by atoms with Crippen LogP contribution >= 0.6 is 0 Å². The maximum absolute atomic E-state index is 12.6. The molecule has 3 aromatic rings. The number of nitrogens with zero attached hydrogens (tertiary/aromatic N) is 2. The molecule has 1 aliphatic heterocycles. The zero-order valence-corrected chi connectivity index (χ0v) is 17.2. The van der Waals surface area contributed by atoms with E-state index in [0.717, 1.165) is 5.56 Å². The summed E-state index contributed by atoms with van der Waals surface area (Å²) in [6.45, 7) is 1.85. The van der Waals surface area contributed by atoms with Crippen LogP contribution in [0.1, 0.15) is 20.8 Å². The van der Waals surface area contributed by atoms with E-state index in [9.17, 15) is 14.4 Å². The second kappa shape index (κ2) is 9.88. The van der Waals surface area contributed by atoms with E-state index in [1.54, 1.807) is 29.2 Å². The van der Waals surface area contributed by atoms with Gasteiger partial charge in [-0.05, 0) is 18.2 Å². The van der Waals surface area contributed by atoms with Crippen LogP contribution in [-0.4, -0.2) is 60.6 Å². The van der Waals surface area contributed by atoms with Crippen LogP contribution in [0.15, 0.2) is 65.2 Å². The number of carbonyl (C=O) groups is 3. The Hall–Kier alpha value is -3.98. The molecule has 0 atom stereocenters. The molecule has 1 saturated heterocycles. The predicted molar refractivity (Wildman–Crippen MR) is 116 cm³/mol. The summed E-state index contributed by atoms with van der Waals surface area (Å²) in [5.41, 5.74) is 1.82. The van der Waals surface area contributed by atoms with Crippen molar-refractivity contribution in [3.63, 3.8) is 0 Å². The van der Waals surface area contributed by atoms with Gasteiger partial charge in [-0.15, -0.1) is 0 Å². The van der Waals surface area contributed by atoms with Gasteiger partial charge in [-0.2, -0.15) is 0 Å². The fraction of sp³-hybridized carbons (Fsp3) is 0.217. The molecule has 0 radical (unpaired) electrons. The first-order chi connectivity index (χ1) is 15.6. The van der Waals surface area contributed by atoms with Crippen molar-refractivity contribution < 1.29 is 23.6 Å². The molecule has 2 aromatic carbocycles. The lowest BCUT2D eigenvalue weighted by atomic mass is 10.1. The maximum atomic E-state index is 12.6. The van der Waals surface area contributed by atoms with Crippen molar-refractivity contribution >= 4 is 23.4 Å². The summed E-state index contributed by atoms with van der Waals surface area (Å²) in [4.78, 5) is 38.9. The summed E-state index contributed by atoms with van der Waals surface area (Å²) in [6.07, 6.45) is 0. The highest BCUT2D eigenvalue weighted by atomic mass is 16.5. The second-order valence-electron chi connectivity index (χ2n) is 7.16. The summed E-state index contributed by atoms with van der Waals surface area (Å²) in [5, 5.41) is 8.96. The smallest absolute Gasteiger partial charge is 0.273 e. The number of aromatic nitrogens is 1. The molecule has 3 amide bonds. The first kappa shape index (κ1) is 21.3. The van der Waals surface area contributed by atoms with Gasteiger partial charge in [-0.3, -0.25) is 14.4 Å². The minimum Gasteiger partial charge on any atom is -0.378 e. The fourth-order valence-corrected chi connectivity index (χ4v) is 3.26. The third kappa shape index (κ3) is 5.19. The molecule has 2 heterocycles. The molecule has 4 rings (SSSR count). The number of amides is 3. The number of carbonyl (C=O) groups excluding carboxylic acids is 3. The molecule has 9 heteroatoms. The first-order valence-corrected chi connectivity index (χ1v) is 10.2. The maximum Gasteiger partial charge on any atom is 0.273 e. The van der Waals surface area contributed by atoms with Gasteiger partial charge < -0.3 is 24.8 Å². The standard InChI is InChI=1S/C23H22N4O5/c28-21(15-24-22(29)19-14-20(32-26-19)16-5-2-1-3-6-16)25-18-8-4-7-17(13-18)23(30)27-9-11-31-12-10-27/h1-8,13-14H,9-12,15H2,(H,24,29)(H,25,28). The molecule has 1 aromatic heterocycles. The van der Waals surface area contributed by atoms with E-state index in [-0.39, 0.29) is 18.1 Å². The monoisotopic (exact) mass is 434 g/mol. The molecule has 0 spiro atoms. The van der Waals surface area contributed by atoms with Gasteiger partial charge in [0.15, 0.2) is 11.5 Å². The van der Waals surface area contributed by atoms with E-state index in [2.05, 4.69) is 15.8 Å². The highest BCUT2D eigenvalue weighted by Crippen LogP contribution is 2.19. The van der Waals surface area contributed by atoms with Gasteiger partial charge in [0, 0.05) is 36.0 Å². The van der Waals surface area contributed by atoms with Gasteiger partial charge in [0.25, 0.3) is 11.8 Å². The van der Waals surface area contributed by atoms with Gasteiger partial charge in [0.05, 0.1) is 19.8 Å². The number of benzene rings is 2. The first-order valence-electron chi connectivity index (χ1n) is 10.2. The summed E-state index contributed by atoms with van der Waals surface area (Å²) < 4.78 is 10.5. The van der Waals surface area contributed by atoms with Crippen LogP contribution in [0, 0.1) is 0 Å². The summed E-state index contributed by atoms with van der Waals surface area (Å²) in [7, 11) is 0. The van der Waals surface area contributed by atoms with Crippen LogP contribution in [-0.2, 0) is 9.53 Å². The molecule has 1 fully saturated rings. The third-order valence-corrected chi connectivity index (χ3v) is 4.90. The van der Waals surface area contributed by atoms with Gasteiger partial charge in [0.2, 0.25) is 5.91 Å². The summed E-state index contributed by atoms with van der Waals surface area (Å²) in [6, 6.07) is 17.5. The third-order valence-electron chi connectivity index (χ3n) is 4.90. The lowest BCUT2D eigenvalue weighted by Crippen LogP contribution is -2.40. The van der Waals surface area contributed by atoms with Gasteiger partial charge in [-0.25, -0.2) is 0 Å². The zero-order chi connectivity index (χ0) is 22.3. The normalized spacial score (nSPS) is 13.4. The van der Waals surface area contributed by atoms with Crippen molar-refractivity contribution in [1.82, 2.24) is 15.4 Å². The van der Waals surface area contributed by atoms with Crippen molar-refractivity contribution in [3.8, 4) is 11.3 Å². The van der Waals surface area contributed by atoms with Gasteiger partial charge in [0.1, 0.15) is 0 Å². The Balaban J connectivity index is 1.31. The van der Waals surface area contributed by atoms with Crippen LogP contribution in [0.2, 0.25) is 0 Å². The Morgan fingerprint density at radius 3 is 2.53 bits per heavy atom. The Labute approximate surface area is 184 Å². The molecular weight excluding hydrogens is 412 g/mol. The Bertz CT molecular complexity index is 1110. The molecule has 0 bridgehead atoms. The van der Waals surface area contributed by atoms with Crippen LogP contribution in [0.4, 0.5) is 5.69 Å². The number of nitrogens with one attached hydrogen (secondary N) is 2. The van der Waals surface area contributed by atoms with E-state index < -0.39 is 11.8 Å². The van der Waals surface area contributed by atoms with Crippen LogP contribution in [0.3, 0.4) is 0 Å². The molecule has 32 heavy (non-hydrogen) atoms. The quantitative estimate of drug-likeness (QED) is 0.615. The number of hydrogen-bond donors (Lipinski definition) is 2. The number of ether oxygens (including phenoxy) is 1. The lowest BCUT2D eigenvalue weighted by Gasteiger charge is -2.27. The van der Waals surface area contributed by atoms with Gasteiger partial charge in [-0.1, -0.05) is 41.6 Å². The largest absolute Gasteiger partial charge is 0.378 e. The second-order valence-corrected chi connectivity index (χ2v) is 7.16. The van der Waals surface area contributed by atoms with E-state index in [4.69, 9.17) is 9.26 Å². The number of hydrogen-bond acceptors (Lipinski definition) is 6. The minimum atomic E-state index is -0.526. The van der Waals surface area contributed by atoms with Crippen LogP contribution < -0.4 is 10.6 Å². The van der Waals surface area contributed by atoms with Crippen molar-refractivity contribution in [2.45, 2.75) is 0 Å². The summed E-state index contributed by atoms with van der Waals surface area (Å²) in [5.74, 6) is -0.608. The average molecular weight is 434 g/mol. The van der Waals surface area contributed by atoms with E-state index in [1.807, 2.05) is 30.3 Å². The highest BCUT2D eigenvalue weighted by molar-refractivity contribution is 6.00. The minimum absolute atomic E-state index is 0.0785. The van der Waals surface area contributed by atoms with Crippen molar-refractivity contribution in [2.24, 2.45) is 0 Å². The number of anilines is 1. The fourth-order valence-electron chi connectivity index (χ4n) is 3.26. The number of morpholine rings is 1. The number of rotatable bonds is 6. The van der Waals surface area contributed by atoms with Gasteiger partial charge >= 0.3 is 0 Å². The van der Waals surface area contributed by atoms with E-state index in [0.29, 0.717) is 43.3 Å². The Morgan fingerprint density at radius 2 is 1.75 bits per heavy atom. The molecule has 164 valence electrons. The van der Waals surface area contributed by atoms with E-state index >= 15 is 0 Å². The molecule has 0 unspecified atom stereocenters. The molecule has 9 nitrogen and oxygen atoms in total. The zero-order valence-electron chi connectivity index (χ0n) is 17.2. The predicted octanol–water partition coefficient (Wildman–Crippen LogP) is 2.18. The Morgan fingerprint density at radius 1 is 0.969 bits per heavy atom. The topological polar surface area (TPSA) is 114 Å². The Kier molecular flexibility index (Phi) is 6.57. The van der Waals surface area contributed by atoms with Crippen molar-refractivity contribution in [2.75, 3.05) is 38.2 Å². The molecule has 0 saturated carbocycles. The van der Waals surface area contributed by atoms with Crippen LogP contribution in [0.25, 0.3) is 11.3 Å². The SMILES string of the molecule is O=C(CNC(=O)c1cc(-c2ccccc2)on1)Nc1cccc(C(=O)N2CCOCC2)c1. The molecule has 1 aliphatic rings. The molecule has 2 N–H and O–H groups in total. The van der Waals surface area contributed by atoms with Crippen molar-refractivity contribution in [3.05, 3.63) is 71.9 Å². The molecular formula is C23H22N4O5. The van der Waals surface area contributed by atoms with E-state index in [1.165, 1.54) is 6.07 Å². The van der Waals surface area contributed by atoms with Crippen molar-refractivity contribution in [1.29, 1.82) is 0 Å².